The van der Waals surface area contributed by atoms with E-state index in [0.717, 1.165) is 29.9 Å². The Morgan fingerprint density at radius 1 is 1.41 bits per heavy atom. The highest BCUT2D eigenvalue weighted by atomic mass is 32.1. The molecule has 1 aromatic heterocycles. The summed E-state index contributed by atoms with van der Waals surface area (Å²) in [6.07, 6.45) is 1.84. The summed E-state index contributed by atoms with van der Waals surface area (Å²) in [5.74, 6) is 0. The fourth-order valence-electron chi connectivity index (χ4n) is 1.83. The average molecular weight is 250 g/mol. The van der Waals surface area contributed by atoms with E-state index in [4.69, 9.17) is 5.11 Å². The molecule has 0 saturated carbocycles. The van der Waals surface area contributed by atoms with Crippen LogP contribution in [0.3, 0.4) is 0 Å². The molecule has 0 saturated heterocycles. The van der Waals surface area contributed by atoms with Gasteiger partial charge in [0.05, 0.1) is 10.2 Å². The highest BCUT2D eigenvalue weighted by Gasteiger charge is 2.07. The number of rotatable bonds is 6. The first-order chi connectivity index (χ1) is 8.33. The number of para-hydroxylation sites is 1. The molecule has 1 unspecified atom stereocenters. The van der Waals surface area contributed by atoms with Crippen molar-refractivity contribution in [1.82, 2.24) is 10.3 Å². The fourth-order valence-corrected chi connectivity index (χ4v) is 2.75. The lowest BCUT2D eigenvalue weighted by Gasteiger charge is -2.14. The molecule has 0 bridgehead atoms. The van der Waals surface area contributed by atoms with Gasteiger partial charge >= 0.3 is 0 Å². The minimum absolute atomic E-state index is 0.241. The van der Waals surface area contributed by atoms with Crippen LogP contribution < -0.4 is 5.32 Å². The van der Waals surface area contributed by atoms with Crippen molar-refractivity contribution in [2.24, 2.45) is 0 Å². The number of aliphatic hydroxyl groups excluding tert-OH is 1. The molecule has 3 nitrogen and oxygen atoms in total. The first-order valence-corrected chi connectivity index (χ1v) is 6.83. The number of aliphatic hydroxyl groups is 1. The normalized spacial score (nSPS) is 13.1. The number of thiazole rings is 1. The van der Waals surface area contributed by atoms with Crippen molar-refractivity contribution in [3.63, 3.8) is 0 Å². The van der Waals surface area contributed by atoms with Crippen molar-refractivity contribution in [2.45, 2.75) is 32.4 Å². The van der Waals surface area contributed by atoms with E-state index < -0.39 is 0 Å². The van der Waals surface area contributed by atoms with Crippen LogP contribution in [0.15, 0.2) is 24.3 Å². The molecule has 4 heteroatoms. The van der Waals surface area contributed by atoms with Crippen molar-refractivity contribution >= 4 is 21.6 Å². The highest BCUT2D eigenvalue weighted by molar-refractivity contribution is 7.18. The molecular formula is C13H18N2OS. The Bertz CT molecular complexity index is 436. The third-order valence-electron chi connectivity index (χ3n) is 2.85. The number of hydrogen-bond donors (Lipinski definition) is 2. The second-order valence-corrected chi connectivity index (χ2v) is 5.19. The topological polar surface area (TPSA) is 45.1 Å². The Hall–Kier alpha value is -0.970. The van der Waals surface area contributed by atoms with Crippen LogP contribution in [0.2, 0.25) is 0 Å². The maximum Gasteiger partial charge on any atom is 0.108 e. The summed E-state index contributed by atoms with van der Waals surface area (Å²) in [4.78, 5) is 4.57. The maximum atomic E-state index is 8.93. The zero-order valence-corrected chi connectivity index (χ0v) is 10.8. The second-order valence-electron chi connectivity index (χ2n) is 4.07. The van der Waals surface area contributed by atoms with Crippen molar-refractivity contribution < 1.29 is 5.11 Å². The number of nitrogens with zero attached hydrogens (tertiary/aromatic N) is 1. The van der Waals surface area contributed by atoms with Gasteiger partial charge in [-0.15, -0.1) is 11.3 Å². The van der Waals surface area contributed by atoms with Gasteiger partial charge in [-0.3, -0.25) is 0 Å². The quantitative estimate of drug-likeness (QED) is 0.828. The molecule has 2 rings (SSSR count). The van der Waals surface area contributed by atoms with Crippen molar-refractivity contribution in [1.29, 1.82) is 0 Å². The van der Waals surface area contributed by atoms with Crippen LogP contribution in [0.5, 0.6) is 0 Å². The third-order valence-corrected chi connectivity index (χ3v) is 3.89. The van der Waals surface area contributed by atoms with Crippen LogP contribution in [0, 0.1) is 0 Å². The van der Waals surface area contributed by atoms with Crippen LogP contribution in [-0.2, 0) is 6.54 Å². The van der Waals surface area contributed by atoms with Gasteiger partial charge in [0.1, 0.15) is 5.01 Å². The van der Waals surface area contributed by atoms with Gasteiger partial charge in [0.25, 0.3) is 0 Å². The fraction of sp³-hybridized carbons (Fsp3) is 0.462. The molecule has 1 atom stereocenters. The number of hydrogen-bond acceptors (Lipinski definition) is 4. The van der Waals surface area contributed by atoms with Crippen LogP contribution >= 0.6 is 11.3 Å². The number of nitrogens with one attached hydrogen (secondary N) is 1. The molecule has 0 aliphatic carbocycles. The smallest absolute Gasteiger partial charge is 0.108 e. The molecule has 1 heterocycles. The Labute approximate surface area is 106 Å². The summed E-state index contributed by atoms with van der Waals surface area (Å²) >= 11 is 1.73. The van der Waals surface area contributed by atoms with Crippen molar-refractivity contribution in [3.05, 3.63) is 29.3 Å². The Balaban J connectivity index is 1.98. The van der Waals surface area contributed by atoms with Crippen molar-refractivity contribution in [3.8, 4) is 0 Å². The van der Waals surface area contributed by atoms with Gasteiger partial charge in [0.15, 0.2) is 0 Å². The zero-order chi connectivity index (χ0) is 12.1. The monoisotopic (exact) mass is 250 g/mol. The molecule has 17 heavy (non-hydrogen) atoms. The summed E-state index contributed by atoms with van der Waals surface area (Å²) in [6, 6.07) is 8.58. The molecule has 2 N–H and O–H groups in total. The summed E-state index contributed by atoms with van der Waals surface area (Å²) in [5, 5.41) is 13.5. The van der Waals surface area contributed by atoms with Gasteiger partial charge in [0.2, 0.25) is 0 Å². The average Bonchev–Trinajstić information content (AvgIpc) is 2.77. The number of aromatic nitrogens is 1. The Kier molecular flexibility index (Phi) is 4.48. The van der Waals surface area contributed by atoms with Gasteiger partial charge in [-0.2, -0.15) is 0 Å². The lowest BCUT2D eigenvalue weighted by atomic mass is 10.1. The van der Waals surface area contributed by atoms with E-state index in [0.29, 0.717) is 6.04 Å². The summed E-state index contributed by atoms with van der Waals surface area (Å²) in [7, 11) is 0. The molecular weight excluding hydrogens is 232 g/mol. The molecule has 0 spiro atoms. The maximum absolute atomic E-state index is 8.93. The van der Waals surface area contributed by atoms with E-state index in [9.17, 15) is 0 Å². The van der Waals surface area contributed by atoms with E-state index in [1.54, 1.807) is 11.3 Å². The van der Waals surface area contributed by atoms with E-state index in [2.05, 4.69) is 23.3 Å². The second kappa shape index (κ2) is 6.10. The molecule has 0 radical (unpaired) electrons. The van der Waals surface area contributed by atoms with E-state index in [1.165, 1.54) is 4.70 Å². The minimum Gasteiger partial charge on any atom is -0.396 e. The SMILES string of the molecule is CCC(CCO)NCc1nc2ccccc2s1. The van der Waals surface area contributed by atoms with Gasteiger partial charge < -0.3 is 10.4 Å². The number of fused-ring (bicyclic) bond motifs is 1. The minimum atomic E-state index is 0.241. The first kappa shape index (κ1) is 12.5. The molecule has 0 fully saturated rings. The van der Waals surface area contributed by atoms with Gasteiger partial charge in [-0.25, -0.2) is 4.98 Å². The zero-order valence-electron chi connectivity index (χ0n) is 10.0. The summed E-state index contributed by atoms with van der Waals surface area (Å²) < 4.78 is 1.24. The van der Waals surface area contributed by atoms with E-state index in [-0.39, 0.29) is 6.61 Å². The molecule has 92 valence electrons. The molecule has 2 aromatic rings. The molecule has 0 amide bonds. The predicted octanol–water partition coefficient (Wildman–Crippen LogP) is 2.55. The van der Waals surface area contributed by atoms with Crippen molar-refractivity contribution in [2.75, 3.05) is 6.61 Å². The standard InChI is InChI=1S/C13H18N2OS/c1-2-10(7-8-16)14-9-13-15-11-5-3-4-6-12(11)17-13/h3-6,10,14,16H,2,7-9H2,1H3. The molecule has 0 aliphatic heterocycles. The first-order valence-electron chi connectivity index (χ1n) is 6.02. The van der Waals surface area contributed by atoms with E-state index >= 15 is 0 Å². The lowest BCUT2D eigenvalue weighted by molar-refractivity contribution is 0.262. The van der Waals surface area contributed by atoms with Gasteiger partial charge in [-0.05, 0) is 25.0 Å². The predicted molar refractivity (Wildman–Crippen MR) is 72.2 cm³/mol. The largest absolute Gasteiger partial charge is 0.396 e. The lowest BCUT2D eigenvalue weighted by Crippen LogP contribution is -2.28. The van der Waals surface area contributed by atoms with Gasteiger partial charge in [0, 0.05) is 19.2 Å². The third kappa shape index (κ3) is 3.25. The van der Waals surface area contributed by atoms with Crippen LogP contribution in [-0.4, -0.2) is 22.7 Å². The summed E-state index contributed by atoms with van der Waals surface area (Å²) in [6.45, 7) is 3.16. The highest BCUT2D eigenvalue weighted by Crippen LogP contribution is 2.21. The molecule has 1 aromatic carbocycles. The van der Waals surface area contributed by atoms with Crippen LogP contribution in [0.1, 0.15) is 24.8 Å². The van der Waals surface area contributed by atoms with E-state index in [1.807, 2.05) is 18.2 Å². The van der Waals surface area contributed by atoms with Crippen LogP contribution in [0.25, 0.3) is 10.2 Å². The molecule has 0 aliphatic rings. The Morgan fingerprint density at radius 2 is 2.24 bits per heavy atom. The van der Waals surface area contributed by atoms with Crippen LogP contribution in [0.4, 0.5) is 0 Å². The van der Waals surface area contributed by atoms with Gasteiger partial charge in [-0.1, -0.05) is 19.1 Å². The number of benzene rings is 1. The summed E-state index contributed by atoms with van der Waals surface area (Å²) in [5.41, 5.74) is 1.07. The Morgan fingerprint density at radius 3 is 2.94 bits per heavy atom.